The van der Waals surface area contributed by atoms with Crippen LogP contribution in [-0.4, -0.2) is 16.2 Å². The van der Waals surface area contributed by atoms with Crippen LogP contribution in [-0.2, 0) is 4.79 Å². The summed E-state index contributed by atoms with van der Waals surface area (Å²) in [5, 5.41) is 18.3. The lowest BCUT2D eigenvalue weighted by atomic mass is 10.0. The Bertz CT molecular complexity index is 336. The number of aliphatic hydroxyl groups excluding tert-OH is 1. The molecule has 1 aromatic carbocycles. The molecule has 3 nitrogen and oxygen atoms in total. The minimum Gasteiger partial charge on any atom is -0.479 e. The molecule has 0 saturated carbocycles. The minimum atomic E-state index is -1.47. The number of hydrogen-bond acceptors (Lipinski definition) is 2. The van der Waals surface area contributed by atoms with E-state index in [4.69, 9.17) is 16.7 Å². The maximum Gasteiger partial charge on any atom is 0.337 e. The Morgan fingerprint density at radius 3 is 2.62 bits per heavy atom. The van der Waals surface area contributed by atoms with Crippen LogP contribution in [0.1, 0.15) is 17.2 Å². The van der Waals surface area contributed by atoms with E-state index >= 15 is 0 Å². The van der Waals surface area contributed by atoms with E-state index < -0.39 is 12.1 Å². The van der Waals surface area contributed by atoms with Crippen LogP contribution in [0.25, 0.3) is 0 Å². The number of benzene rings is 1. The molecule has 2 N–H and O–H groups in total. The SMILES string of the molecule is Cc1cc(Cl)ccc1[C@H](O)C(=O)O. The van der Waals surface area contributed by atoms with E-state index in [1.54, 1.807) is 19.1 Å². The van der Waals surface area contributed by atoms with E-state index in [1.807, 2.05) is 0 Å². The van der Waals surface area contributed by atoms with E-state index in [9.17, 15) is 9.90 Å². The molecule has 0 aliphatic carbocycles. The molecule has 0 aromatic heterocycles. The van der Waals surface area contributed by atoms with Crippen molar-refractivity contribution in [1.29, 1.82) is 0 Å². The molecule has 0 spiro atoms. The van der Waals surface area contributed by atoms with Crippen molar-refractivity contribution in [1.82, 2.24) is 0 Å². The Kier molecular flexibility index (Phi) is 2.90. The van der Waals surface area contributed by atoms with Gasteiger partial charge in [-0.05, 0) is 30.2 Å². The first kappa shape index (κ1) is 10.0. The Hall–Kier alpha value is -1.06. The van der Waals surface area contributed by atoms with Gasteiger partial charge in [0, 0.05) is 5.02 Å². The standard InChI is InChI=1S/C9H9ClO3/c1-5-4-6(10)2-3-7(5)8(11)9(12)13/h2-4,8,11H,1H3,(H,12,13)/t8-/m0/s1. The molecule has 0 unspecified atom stereocenters. The van der Waals surface area contributed by atoms with Crippen LogP contribution in [0.5, 0.6) is 0 Å². The summed E-state index contributed by atoms with van der Waals surface area (Å²) in [4.78, 5) is 10.5. The van der Waals surface area contributed by atoms with Crippen molar-refractivity contribution in [2.75, 3.05) is 0 Å². The van der Waals surface area contributed by atoms with Crippen molar-refractivity contribution < 1.29 is 15.0 Å². The summed E-state index contributed by atoms with van der Waals surface area (Å²) in [5.74, 6) is -1.26. The maximum atomic E-state index is 10.5. The van der Waals surface area contributed by atoms with Crippen molar-refractivity contribution in [3.63, 3.8) is 0 Å². The highest BCUT2D eigenvalue weighted by Gasteiger charge is 2.17. The summed E-state index contributed by atoms with van der Waals surface area (Å²) in [5.41, 5.74) is 1.04. The first-order chi connectivity index (χ1) is 6.02. The van der Waals surface area contributed by atoms with E-state index in [0.29, 0.717) is 16.1 Å². The van der Waals surface area contributed by atoms with Crippen LogP contribution in [0.3, 0.4) is 0 Å². The summed E-state index contributed by atoms with van der Waals surface area (Å²) in [6.07, 6.45) is -1.47. The van der Waals surface area contributed by atoms with Gasteiger partial charge in [-0.15, -0.1) is 0 Å². The van der Waals surface area contributed by atoms with Gasteiger partial charge in [0.15, 0.2) is 6.10 Å². The topological polar surface area (TPSA) is 57.5 Å². The average molecular weight is 201 g/mol. The average Bonchev–Trinajstić information content (AvgIpc) is 2.03. The van der Waals surface area contributed by atoms with Gasteiger partial charge in [-0.25, -0.2) is 4.79 Å². The van der Waals surface area contributed by atoms with Gasteiger partial charge in [-0.1, -0.05) is 17.7 Å². The van der Waals surface area contributed by atoms with Crippen molar-refractivity contribution in [3.05, 3.63) is 34.3 Å². The zero-order valence-electron chi connectivity index (χ0n) is 6.99. The van der Waals surface area contributed by atoms with Crippen LogP contribution < -0.4 is 0 Å². The number of carboxylic acids is 1. The normalized spacial score (nSPS) is 12.5. The molecule has 70 valence electrons. The highest BCUT2D eigenvalue weighted by Crippen LogP contribution is 2.21. The predicted molar refractivity (Wildman–Crippen MR) is 48.8 cm³/mol. The van der Waals surface area contributed by atoms with E-state index in [1.165, 1.54) is 6.07 Å². The van der Waals surface area contributed by atoms with Gasteiger partial charge in [0.2, 0.25) is 0 Å². The Morgan fingerprint density at radius 2 is 2.15 bits per heavy atom. The van der Waals surface area contributed by atoms with Gasteiger partial charge in [-0.3, -0.25) is 0 Å². The molecule has 0 amide bonds. The second-order valence-corrected chi connectivity index (χ2v) is 3.18. The zero-order chi connectivity index (χ0) is 10.0. The summed E-state index contributed by atoms with van der Waals surface area (Å²) in [6, 6.07) is 4.68. The molecule has 0 aliphatic heterocycles. The molecule has 1 atom stereocenters. The van der Waals surface area contributed by atoms with E-state index in [2.05, 4.69) is 0 Å². The largest absolute Gasteiger partial charge is 0.479 e. The van der Waals surface area contributed by atoms with Crippen molar-refractivity contribution in [2.24, 2.45) is 0 Å². The third-order valence-electron chi connectivity index (χ3n) is 1.76. The Morgan fingerprint density at radius 1 is 1.54 bits per heavy atom. The number of halogens is 1. The second-order valence-electron chi connectivity index (χ2n) is 2.74. The highest BCUT2D eigenvalue weighted by atomic mass is 35.5. The number of aryl methyl sites for hydroxylation is 1. The molecule has 0 aliphatic rings. The summed E-state index contributed by atoms with van der Waals surface area (Å²) in [7, 11) is 0. The molecule has 1 rings (SSSR count). The van der Waals surface area contributed by atoms with Gasteiger partial charge in [-0.2, -0.15) is 0 Å². The van der Waals surface area contributed by atoms with Crippen molar-refractivity contribution in [2.45, 2.75) is 13.0 Å². The quantitative estimate of drug-likeness (QED) is 0.765. The molecule has 0 bridgehead atoms. The van der Waals surface area contributed by atoms with Crippen LogP contribution in [0.15, 0.2) is 18.2 Å². The smallest absolute Gasteiger partial charge is 0.337 e. The fourth-order valence-electron chi connectivity index (χ4n) is 1.08. The van der Waals surface area contributed by atoms with Crippen LogP contribution in [0.2, 0.25) is 5.02 Å². The van der Waals surface area contributed by atoms with Gasteiger partial charge >= 0.3 is 5.97 Å². The van der Waals surface area contributed by atoms with Gasteiger partial charge in [0.1, 0.15) is 0 Å². The highest BCUT2D eigenvalue weighted by molar-refractivity contribution is 6.30. The third-order valence-corrected chi connectivity index (χ3v) is 2.00. The van der Waals surface area contributed by atoms with Gasteiger partial charge < -0.3 is 10.2 Å². The first-order valence-electron chi connectivity index (χ1n) is 3.69. The monoisotopic (exact) mass is 200 g/mol. The molecule has 0 fully saturated rings. The van der Waals surface area contributed by atoms with Crippen molar-refractivity contribution >= 4 is 17.6 Å². The second kappa shape index (κ2) is 3.77. The molecule has 4 heteroatoms. The lowest BCUT2D eigenvalue weighted by molar-refractivity contribution is -0.147. The van der Waals surface area contributed by atoms with Crippen LogP contribution in [0.4, 0.5) is 0 Å². The molecular weight excluding hydrogens is 192 g/mol. The first-order valence-corrected chi connectivity index (χ1v) is 4.07. The zero-order valence-corrected chi connectivity index (χ0v) is 7.75. The minimum absolute atomic E-state index is 0.372. The maximum absolute atomic E-state index is 10.5. The van der Waals surface area contributed by atoms with E-state index in [-0.39, 0.29) is 0 Å². The van der Waals surface area contributed by atoms with Gasteiger partial charge in [0.05, 0.1) is 0 Å². The third kappa shape index (κ3) is 2.20. The predicted octanol–water partition coefficient (Wildman–Crippen LogP) is 1.77. The molecule has 0 saturated heterocycles. The Balaban J connectivity index is 3.08. The van der Waals surface area contributed by atoms with Gasteiger partial charge in [0.25, 0.3) is 0 Å². The number of aliphatic carboxylic acids is 1. The number of hydrogen-bond donors (Lipinski definition) is 2. The molecule has 1 aromatic rings. The van der Waals surface area contributed by atoms with E-state index in [0.717, 1.165) is 0 Å². The molecule has 0 heterocycles. The molecule has 13 heavy (non-hydrogen) atoms. The summed E-state index contributed by atoms with van der Waals surface area (Å²) >= 11 is 5.67. The Labute approximate surface area is 80.6 Å². The summed E-state index contributed by atoms with van der Waals surface area (Å²) in [6.45, 7) is 1.70. The summed E-state index contributed by atoms with van der Waals surface area (Å²) < 4.78 is 0. The van der Waals surface area contributed by atoms with Crippen molar-refractivity contribution in [3.8, 4) is 0 Å². The lowest BCUT2D eigenvalue weighted by Crippen LogP contribution is -2.11. The van der Waals surface area contributed by atoms with Crippen LogP contribution in [0, 0.1) is 6.92 Å². The number of carboxylic acid groups (broad SMARTS) is 1. The number of aliphatic hydroxyl groups is 1. The molecular formula is C9H9ClO3. The van der Waals surface area contributed by atoms with Crippen LogP contribution >= 0.6 is 11.6 Å². The molecule has 0 radical (unpaired) electrons. The lowest BCUT2D eigenvalue weighted by Gasteiger charge is -2.08. The fourth-order valence-corrected chi connectivity index (χ4v) is 1.31. The number of carbonyl (C=O) groups is 1. The fraction of sp³-hybridized carbons (Fsp3) is 0.222. The number of rotatable bonds is 2.